The van der Waals surface area contributed by atoms with E-state index in [9.17, 15) is 4.79 Å². The van der Waals surface area contributed by atoms with Crippen molar-refractivity contribution in [3.8, 4) is 5.75 Å². The van der Waals surface area contributed by atoms with Crippen LogP contribution in [0.3, 0.4) is 0 Å². The predicted molar refractivity (Wildman–Crippen MR) is 73.6 cm³/mol. The largest absolute Gasteiger partial charge is 0.491 e. The summed E-state index contributed by atoms with van der Waals surface area (Å²) >= 11 is 0. The molecule has 106 valence electrons. The summed E-state index contributed by atoms with van der Waals surface area (Å²) in [5.74, 6) is 0.0646. The highest BCUT2D eigenvalue weighted by atomic mass is 16.6. The first-order chi connectivity index (χ1) is 9.61. The van der Waals surface area contributed by atoms with E-state index in [0.29, 0.717) is 18.0 Å². The van der Waals surface area contributed by atoms with E-state index in [1.165, 1.54) is 0 Å². The van der Waals surface area contributed by atoms with Crippen LogP contribution in [0, 0.1) is 6.92 Å². The number of nitrogens with two attached hydrogens (primary N) is 1. The second-order valence-electron chi connectivity index (χ2n) is 4.30. The molecule has 0 saturated heterocycles. The van der Waals surface area contributed by atoms with Crippen molar-refractivity contribution in [2.45, 2.75) is 20.3 Å². The summed E-state index contributed by atoms with van der Waals surface area (Å²) in [4.78, 5) is 12.0. The molecule has 0 aliphatic carbocycles. The molecular formula is C13H16N4O3. The van der Waals surface area contributed by atoms with E-state index in [4.69, 9.17) is 10.5 Å². The van der Waals surface area contributed by atoms with Crippen molar-refractivity contribution < 1.29 is 14.2 Å². The second-order valence-corrected chi connectivity index (χ2v) is 4.30. The van der Waals surface area contributed by atoms with Gasteiger partial charge in [-0.2, -0.15) is 0 Å². The van der Waals surface area contributed by atoms with E-state index in [0.717, 1.165) is 12.0 Å². The summed E-state index contributed by atoms with van der Waals surface area (Å²) < 4.78 is 10.0. The molecule has 7 nitrogen and oxygen atoms in total. The number of benzene rings is 1. The summed E-state index contributed by atoms with van der Waals surface area (Å²) in [5, 5.41) is 9.51. The highest BCUT2D eigenvalue weighted by Crippen LogP contribution is 2.26. The molecule has 0 fully saturated rings. The molecule has 1 amide bonds. The standard InChI is InChI=1S/C13H16N4O3/c1-3-6-19-10-7-8(2)4-5-9(10)15-13(18)11-12(14)17-20-16-11/h4-5,7H,3,6H2,1-2H3,(H2,14,17)(H,15,18). The predicted octanol–water partition coefficient (Wildman–Crippen LogP) is 2.00. The molecule has 0 spiro atoms. The number of hydrogen-bond donors (Lipinski definition) is 2. The van der Waals surface area contributed by atoms with Crippen molar-refractivity contribution in [2.24, 2.45) is 0 Å². The fourth-order valence-corrected chi connectivity index (χ4v) is 1.60. The SMILES string of the molecule is CCCOc1cc(C)ccc1NC(=O)c1nonc1N. The number of anilines is 2. The van der Waals surface area contributed by atoms with Crippen molar-refractivity contribution in [2.75, 3.05) is 17.7 Å². The molecule has 0 saturated carbocycles. The van der Waals surface area contributed by atoms with Gasteiger partial charge in [-0.3, -0.25) is 4.79 Å². The van der Waals surface area contributed by atoms with Crippen LogP contribution in [0.25, 0.3) is 0 Å². The molecule has 0 radical (unpaired) electrons. The number of aromatic nitrogens is 2. The number of aryl methyl sites for hydroxylation is 1. The number of nitrogen functional groups attached to an aromatic ring is 1. The number of carbonyl (C=O) groups is 1. The molecular weight excluding hydrogens is 260 g/mol. The Bertz CT molecular complexity index is 609. The highest BCUT2D eigenvalue weighted by Gasteiger charge is 2.17. The number of ether oxygens (including phenoxy) is 1. The van der Waals surface area contributed by atoms with E-state index >= 15 is 0 Å². The Hall–Kier alpha value is -2.57. The van der Waals surface area contributed by atoms with Crippen LogP contribution in [0.5, 0.6) is 5.75 Å². The van der Waals surface area contributed by atoms with E-state index in [1.54, 1.807) is 6.07 Å². The van der Waals surface area contributed by atoms with Crippen LogP contribution < -0.4 is 15.8 Å². The normalized spacial score (nSPS) is 10.3. The van der Waals surface area contributed by atoms with Gasteiger partial charge in [0.15, 0.2) is 0 Å². The summed E-state index contributed by atoms with van der Waals surface area (Å²) in [5.41, 5.74) is 7.02. The lowest BCUT2D eigenvalue weighted by molar-refractivity contribution is 0.101. The molecule has 0 bridgehead atoms. The van der Waals surface area contributed by atoms with Gasteiger partial charge in [-0.15, -0.1) is 0 Å². The van der Waals surface area contributed by atoms with E-state index in [1.807, 2.05) is 26.0 Å². The van der Waals surface area contributed by atoms with Gasteiger partial charge in [0, 0.05) is 0 Å². The van der Waals surface area contributed by atoms with E-state index < -0.39 is 5.91 Å². The third-order valence-corrected chi connectivity index (χ3v) is 2.58. The van der Waals surface area contributed by atoms with Crippen molar-refractivity contribution in [3.63, 3.8) is 0 Å². The molecule has 0 atom stereocenters. The van der Waals surface area contributed by atoms with Gasteiger partial charge in [0.1, 0.15) is 5.75 Å². The van der Waals surface area contributed by atoms with E-state index in [2.05, 4.69) is 20.3 Å². The third kappa shape index (κ3) is 3.05. The first-order valence-corrected chi connectivity index (χ1v) is 6.24. The van der Waals surface area contributed by atoms with Crippen molar-refractivity contribution >= 4 is 17.4 Å². The zero-order chi connectivity index (χ0) is 14.5. The Morgan fingerprint density at radius 1 is 1.45 bits per heavy atom. The van der Waals surface area contributed by atoms with Gasteiger partial charge in [0.2, 0.25) is 11.5 Å². The van der Waals surface area contributed by atoms with Crippen molar-refractivity contribution in [1.82, 2.24) is 10.3 Å². The number of hydrogen-bond acceptors (Lipinski definition) is 6. The van der Waals surface area contributed by atoms with Gasteiger partial charge in [-0.05, 0) is 41.4 Å². The minimum Gasteiger partial charge on any atom is -0.491 e. The molecule has 0 unspecified atom stereocenters. The maximum absolute atomic E-state index is 12.0. The summed E-state index contributed by atoms with van der Waals surface area (Å²) in [6.07, 6.45) is 0.876. The fourth-order valence-electron chi connectivity index (χ4n) is 1.60. The lowest BCUT2D eigenvalue weighted by Crippen LogP contribution is -2.15. The quantitative estimate of drug-likeness (QED) is 0.865. The number of nitrogens with one attached hydrogen (secondary N) is 1. The Balaban J connectivity index is 2.20. The molecule has 20 heavy (non-hydrogen) atoms. The molecule has 1 aromatic carbocycles. The van der Waals surface area contributed by atoms with Crippen LogP contribution in [0.15, 0.2) is 22.8 Å². The molecule has 0 aliphatic rings. The van der Waals surface area contributed by atoms with Gasteiger partial charge >= 0.3 is 0 Å². The molecule has 3 N–H and O–H groups in total. The second kappa shape index (κ2) is 6.05. The average Bonchev–Trinajstić information content (AvgIpc) is 2.85. The van der Waals surface area contributed by atoms with Gasteiger partial charge in [0.25, 0.3) is 5.91 Å². The minimum atomic E-state index is -0.492. The number of rotatable bonds is 5. The average molecular weight is 276 g/mol. The summed E-state index contributed by atoms with van der Waals surface area (Å²) in [7, 11) is 0. The van der Waals surface area contributed by atoms with Crippen LogP contribution in [-0.4, -0.2) is 22.8 Å². The van der Waals surface area contributed by atoms with Crippen molar-refractivity contribution in [1.29, 1.82) is 0 Å². The van der Waals surface area contributed by atoms with E-state index in [-0.39, 0.29) is 11.5 Å². The number of nitrogens with zero attached hydrogens (tertiary/aromatic N) is 2. The van der Waals surface area contributed by atoms with Crippen LogP contribution in [0.4, 0.5) is 11.5 Å². The Kier molecular flexibility index (Phi) is 4.19. The molecule has 2 rings (SSSR count). The first-order valence-electron chi connectivity index (χ1n) is 6.24. The Morgan fingerprint density at radius 3 is 2.90 bits per heavy atom. The van der Waals surface area contributed by atoms with Gasteiger partial charge in [0.05, 0.1) is 12.3 Å². The number of carbonyl (C=O) groups excluding carboxylic acids is 1. The zero-order valence-electron chi connectivity index (χ0n) is 11.3. The summed E-state index contributed by atoms with van der Waals surface area (Å²) in [6.45, 7) is 4.53. The van der Waals surface area contributed by atoms with Gasteiger partial charge in [-0.1, -0.05) is 13.0 Å². The van der Waals surface area contributed by atoms with Crippen LogP contribution in [0.2, 0.25) is 0 Å². The first kappa shape index (κ1) is 13.9. The molecule has 2 aromatic rings. The smallest absolute Gasteiger partial charge is 0.281 e. The van der Waals surface area contributed by atoms with Gasteiger partial charge < -0.3 is 15.8 Å². The maximum atomic E-state index is 12.0. The minimum absolute atomic E-state index is 0.0491. The highest BCUT2D eigenvalue weighted by molar-refractivity contribution is 6.06. The van der Waals surface area contributed by atoms with Crippen LogP contribution in [0.1, 0.15) is 29.4 Å². The molecule has 1 aromatic heterocycles. The Morgan fingerprint density at radius 2 is 2.25 bits per heavy atom. The lowest BCUT2D eigenvalue weighted by Gasteiger charge is -2.12. The molecule has 7 heteroatoms. The fraction of sp³-hybridized carbons (Fsp3) is 0.308. The third-order valence-electron chi connectivity index (χ3n) is 2.58. The topological polar surface area (TPSA) is 103 Å². The van der Waals surface area contributed by atoms with Gasteiger partial charge in [-0.25, -0.2) is 4.63 Å². The number of amides is 1. The summed E-state index contributed by atoms with van der Waals surface area (Å²) in [6, 6.07) is 5.50. The molecule has 0 aliphatic heterocycles. The van der Waals surface area contributed by atoms with Crippen molar-refractivity contribution in [3.05, 3.63) is 29.5 Å². The maximum Gasteiger partial charge on any atom is 0.281 e. The zero-order valence-corrected chi connectivity index (χ0v) is 11.3. The molecule has 1 heterocycles. The van der Waals surface area contributed by atoms with Crippen LogP contribution in [-0.2, 0) is 0 Å². The lowest BCUT2D eigenvalue weighted by atomic mass is 10.2. The monoisotopic (exact) mass is 276 g/mol. The van der Waals surface area contributed by atoms with Crippen LogP contribution >= 0.6 is 0 Å². The Labute approximate surface area is 116 Å².